The first-order valence-electron chi connectivity index (χ1n) is 6.78. The SMILES string of the molecule is Cc1ccoc1C(=O)NCC(=O)NC1CCCCC1. The average molecular weight is 264 g/mol. The van der Waals surface area contributed by atoms with Crippen molar-refractivity contribution >= 4 is 11.8 Å². The summed E-state index contributed by atoms with van der Waals surface area (Å²) >= 11 is 0. The first-order chi connectivity index (χ1) is 9.16. The van der Waals surface area contributed by atoms with E-state index in [4.69, 9.17) is 4.42 Å². The van der Waals surface area contributed by atoms with E-state index in [2.05, 4.69) is 10.6 Å². The van der Waals surface area contributed by atoms with Crippen molar-refractivity contribution in [2.45, 2.75) is 45.1 Å². The van der Waals surface area contributed by atoms with Gasteiger partial charge in [0.1, 0.15) is 0 Å². The fourth-order valence-corrected chi connectivity index (χ4v) is 2.37. The van der Waals surface area contributed by atoms with Crippen LogP contribution in [0.4, 0.5) is 0 Å². The van der Waals surface area contributed by atoms with E-state index in [9.17, 15) is 9.59 Å². The highest BCUT2D eigenvalue weighted by molar-refractivity contribution is 5.95. The third-order valence-electron chi connectivity index (χ3n) is 3.45. The number of furan rings is 1. The molecule has 2 rings (SSSR count). The van der Waals surface area contributed by atoms with Gasteiger partial charge in [0.05, 0.1) is 12.8 Å². The van der Waals surface area contributed by atoms with Crippen LogP contribution in [-0.2, 0) is 4.79 Å². The Morgan fingerprint density at radius 2 is 2.05 bits per heavy atom. The molecule has 1 saturated carbocycles. The number of nitrogens with one attached hydrogen (secondary N) is 2. The summed E-state index contributed by atoms with van der Waals surface area (Å²) in [7, 11) is 0. The summed E-state index contributed by atoms with van der Waals surface area (Å²) < 4.78 is 5.06. The molecule has 1 aliphatic carbocycles. The summed E-state index contributed by atoms with van der Waals surface area (Å²) in [6.45, 7) is 1.79. The normalized spacial score (nSPS) is 16.1. The van der Waals surface area contributed by atoms with Gasteiger partial charge in [0.2, 0.25) is 5.91 Å². The first kappa shape index (κ1) is 13.6. The minimum absolute atomic E-state index is 0.00449. The summed E-state index contributed by atoms with van der Waals surface area (Å²) in [5.41, 5.74) is 0.769. The van der Waals surface area contributed by atoms with E-state index in [0.717, 1.165) is 18.4 Å². The molecule has 5 nitrogen and oxygen atoms in total. The Hall–Kier alpha value is -1.78. The van der Waals surface area contributed by atoms with Crippen LogP contribution in [0.1, 0.15) is 48.2 Å². The van der Waals surface area contributed by atoms with Crippen LogP contribution in [0.3, 0.4) is 0 Å². The van der Waals surface area contributed by atoms with Crippen LogP contribution in [0.15, 0.2) is 16.7 Å². The molecular formula is C14H20N2O3. The maximum Gasteiger partial charge on any atom is 0.287 e. The minimum atomic E-state index is -0.346. The fourth-order valence-electron chi connectivity index (χ4n) is 2.37. The molecule has 1 aromatic heterocycles. The predicted octanol–water partition coefficient (Wildman–Crippen LogP) is 1.77. The minimum Gasteiger partial charge on any atom is -0.459 e. The number of hydrogen-bond donors (Lipinski definition) is 2. The van der Waals surface area contributed by atoms with Gasteiger partial charge in [0.25, 0.3) is 5.91 Å². The molecule has 0 spiro atoms. The van der Waals surface area contributed by atoms with Gasteiger partial charge in [-0.2, -0.15) is 0 Å². The molecule has 0 radical (unpaired) electrons. The van der Waals surface area contributed by atoms with E-state index in [1.54, 1.807) is 13.0 Å². The second kappa shape index (κ2) is 6.41. The Morgan fingerprint density at radius 1 is 1.32 bits per heavy atom. The lowest BCUT2D eigenvalue weighted by atomic mass is 9.95. The van der Waals surface area contributed by atoms with E-state index in [1.165, 1.54) is 25.5 Å². The summed E-state index contributed by atoms with van der Waals surface area (Å²) in [5, 5.41) is 5.52. The highest BCUT2D eigenvalue weighted by Crippen LogP contribution is 2.17. The van der Waals surface area contributed by atoms with Crippen molar-refractivity contribution in [1.82, 2.24) is 10.6 Å². The second-order valence-corrected chi connectivity index (χ2v) is 5.02. The molecule has 104 valence electrons. The van der Waals surface area contributed by atoms with Crippen molar-refractivity contribution in [3.63, 3.8) is 0 Å². The largest absolute Gasteiger partial charge is 0.459 e. The molecule has 0 atom stereocenters. The lowest BCUT2D eigenvalue weighted by Crippen LogP contribution is -2.42. The average Bonchev–Trinajstić information content (AvgIpc) is 2.83. The van der Waals surface area contributed by atoms with Crippen molar-refractivity contribution in [3.05, 3.63) is 23.7 Å². The molecule has 0 bridgehead atoms. The molecule has 1 fully saturated rings. The van der Waals surface area contributed by atoms with Gasteiger partial charge in [0.15, 0.2) is 5.76 Å². The zero-order chi connectivity index (χ0) is 13.7. The Kier molecular flexibility index (Phi) is 4.60. The van der Waals surface area contributed by atoms with Crippen LogP contribution in [0.2, 0.25) is 0 Å². The standard InChI is InChI=1S/C14H20N2O3/c1-10-7-8-19-13(10)14(18)15-9-12(17)16-11-5-3-2-4-6-11/h7-8,11H,2-6,9H2,1H3,(H,15,18)(H,16,17). The Bertz CT molecular complexity index is 447. The molecule has 1 aromatic rings. The molecule has 0 aliphatic heterocycles. The second-order valence-electron chi connectivity index (χ2n) is 5.02. The predicted molar refractivity (Wildman–Crippen MR) is 70.8 cm³/mol. The zero-order valence-corrected chi connectivity index (χ0v) is 11.2. The van der Waals surface area contributed by atoms with Crippen LogP contribution < -0.4 is 10.6 Å². The quantitative estimate of drug-likeness (QED) is 0.870. The highest BCUT2D eigenvalue weighted by atomic mass is 16.3. The number of amides is 2. The van der Waals surface area contributed by atoms with E-state index < -0.39 is 0 Å². The summed E-state index contributed by atoms with van der Waals surface area (Å²) in [4.78, 5) is 23.5. The molecular weight excluding hydrogens is 244 g/mol. The summed E-state index contributed by atoms with van der Waals surface area (Å²) in [6.07, 6.45) is 7.13. The molecule has 2 N–H and O–H groups in total. The van der Waals surface area contributed by atoms with Crippen LogP contribution in [0.5, 0.6) is 0 Å². The zero-order valence-electron chi connectivity index (χ0n) is 11.2. The molecule has 0 unspecified atom stereocenters. The number of hydrogen-bond acceptors (Lipinski definition) is 3. The van der Waals surface area contributed by atoms with E-state index in [1.807, 2.05) is 0 Å². The topological polar surface area (TPSA) is 71.3 Å². The first-order valence-corrected chi connectivity index (χ1v) is 6.78. The molecule has 0 saturated heterocycles. The van der Waals surface area contributed by atoms with Crippen LogP contribution in [-0.4, -0.2) is 24.4 Å². The highest BCUT2D eigenvalue weighted by Gasteiger charge is 2.17. The van der Waals surface area contributed by atoms with Gasteiger partial charge >= 0.3 is 0 Å². The van der Waals surface area contributed by atoms with Crippen LogP contribution in [0.25, 0.3) is 0 Å². The molecule has 5 heteroatoms. The third kappa shape index (κ3) is 3.84. The number of carbonyl (C=O) groups excluding carboxylic acids is 2. The third-order valence-corrected chi connectivity index (χ3v) is 3.45. The maximum absolute atomic E-state index is 11.7. The molecule has 2 amide bonds. The molecule has 0 aromatic carbocycles. The van der Waals surface area contributed by atoms with Crippen molar-refractivity contribution in [1.29, 1.82) is 0 Å². The van der Waals surface area contributed by atoms with Gasteiger partial charge in [-0.3, -0.25) is 9.59 Å². The van der Waals surface area contributed by atoms with Crippen molar-refractivity contribution in [2.75, 3.05) is 6.54 Å². The van der Waals surface area contributed by atoms with Crippen LogP contribution >= 0.6 is 0 Å². The molecule has 1 heterocycles. The van der Waals surface area contributed by atoms with E-state index in [-0.39, 0.29) is 30.2 Å². The Labute approximate surface area is 112 Å². The van der Waals surface area contributed by atoms with Gasteiger partial charge in [-0.1, -0.05) is 19.3 Å². The lowest BCUT2D eigenvalue weighted by molar-refractivity contribution is -0.121. The Balaban J connectivity index is 1.74. The van der Waals surface area contributed by atoms with Gasteiger partial charge in [-0.15, -0.1) is 0 Å². The monoisotopic (exact) mass is 264 g/mol. The van der Waals surface area contributed by atoms with E-state index >= 15 is 0 Å². The van der Waals surface area contributed by atoms with Crippen molar-refractivity contribution in [3.8, 4) is 0 Å². The maximum atomic E-state index is 11.7. The Morgan fingerprint density at radius 3 is 2.68 bits per heavy atom. The van der Waals surface area contributed by atoms with Crippen LogP contribution in [0, 0.1) is 6.92 Å². The van der Waals surface area contributed by atoms with Gasteiger partial charge in [-0.25, -0.2) is 0 Å². The number of carbonyl (C=O) groups is 2. The summed E-state index contributed by atoms with van der Waals surface area (Å²) in [6, 6.07) is 1.99. The summed E-state index contributed by atoms with van der Waals surface area (Å²) in [5.74, 6) is -0.212. The number of aryl methyl sites for hydroxylation is 1. The number of rotatable bonds is 4. The van der Waals surface area contributed by atoms with Gasteiger partial charge < -0.3 is 15.1 Å². The van der Waals surface area contributed by atoms with E-state index in [0.29, 0.717) is 0 Å². The smallest absolute Gasteiger partial charge is 0.287 e. The molecule has 19 heavy (non-hydrogen) atoms. The fraction of sp³-hybridized carbons (Fsp3) is 0.571. The van der Waals surface area contributed by atoms with Crippen molar-refractivity contribution in [2.24, 2.45) is 0 Å². The lowest BCUT2D eigenvalue weighted by Gasteiger charge is -2.22. The van der Waals surface area contributed by atoms with Gasteiger partial charge in [-0.05, 0) is 25.8 Å². The molecule has 1 aliphatic rings. The van der Waals surface area contributed by atoms with Crippen molar-refractivity contribution < 1.29 is 14.0 Å². The van der Waals surface area contributed by atoms with Gasteiger partial charge in [0, 0.05) is 11.6 Å².